The molecule has 1 saturated carbocycles. The van der Waals surface area contributed by atoms with Crippen LogP contribution in [0, 0.1) is 0 Å². The standard InChI is InChI=1S/C8H14N2/c1-3-7(4-1)10-8-5-2-6-9-8/h7H,1-6H2,(H,9,10). The van der Waals surface area contributed by atoms with Gasteiger partial charge in [-0.05, 0) is 25.7 Å². The minimum absolute atomic E-state index is 0.775. The summed E-state index contributed by atoms with van der Waals surface area (Å²) in [5.41, 5.74) is 0. The number of rotatable bonds is 1. The number of hydrogen-bond acceptors (Lipinski definition) is 2. The van der Waals surface area contributed by atoms with Crippen molar-refractivity contribution in [2.75, 3.05) is 6.54 Å². The van der Waals surface area contributed by atoms with Crippen molar-refractivity contribution >= 4 is 5.84 Å². The number of hydrogen-bond donors (Lipinski definition) is 1. The van der Waals surface area contributed by atoms with Gasteiger partial charge in [0.25, 0.3) is 0 Å². The Morgan fingerprint density at radius 1 is 1.30 bits per heavy atom. The molecule has 0 aromatic heterocycles. The Balaban J connectivity index is 1.77. The zero-order valence-electron chi connectivity index (χ0n) is 6.27. The van der Waals surface area contributed by atoms with Crippen LogP contribution in [0.1, 0.15) is 32.1 Å². The molecule has 2 nitrogen and oxygen atoms in total. The van der Waals surface area contributed by atoms with Crippen LogP contribution in [0.2, 0.25) is 0 Å². The first-order chi connectivity index (χ1) is 4.95. The van der Waals surface area contributed by atoms with Crippen molar-refractivity contribution in [2.45, 2.75) is 38.1 Å². The van der Waals surface area contributed by atoms with Crippen LogP contribution in [0.15, 0.2) is 4.99 Å². The maximum absolute atomic E-state index is 4.36. The Kier molecular flexibility index (Phi) is 1.61. The minimum Gasteiger partial charge on any atom is -0.371 e. The van der Waals surface area contributed by atoms with E-state index in [-0.39, 0.29) is 0 Å². The fourth-order valence-electron chi connectivity index (χ4n) is 1.45. The van der Waals surface area contributed by atoms with E-state index in [1.807, 2.05) is 0 Å². The predicted molar refractivity (Wildman–Crippen MR) is 42.3 cm³/mol. The summed E-state index contributed by atoms with van der Waals surface area (Å²) in [6.45, 7) is 1.05. The molecule has 0 atom stereocenters. The number of nitrogens with one attached hydrogen (secondary N) is 1. The first-order valence-electron chi connectivity index (χ1n) is 4.25. The van der Waals surface area contributed by atoms with Gasteiger partial charge in [0.15, 0.2) is 0 Å². The van der Waals surface area contributed by atoms with Crippen LogP contribution in [0.25, 0.3) is 0 Å². The van der Waals surface area contributed by atoms with E-state index in [9.17, 15) is 0 Å². The van der Waals surface area contributed by atoms with Crippen LogP contribution >= 0.6 is 0 Å². The van der Waals surface area contributed by atoms with Crippen molar-refractivity contribution in [1.82, 2.24) is 5.32 Å². The molecular weight excluding hydrogens is 124 g/mol. The first kappa shape index (κ1) is 6.20. The second-order valence-corrected chi connectivity index (χ2v) is 3.20. The summed E-state index contributed by atoms with van der Waals surface area (Å²) in [5.74, 6) is 1.27. The molecule has 0 radical (unpaired) electrons. The highest BCUT2D eigenvalue weighted by atomic mass is 15.0. The van der Waals surface area contributed by atoms with E-state index in [1.54, 1.807) is 0 Å². The van der Waals surface area contributed by atoms with E-state index >= 15 is 0 Å². The van der Waals surface area contributed by atoms with Gasteiger partial charge in [0.05, 0.1) is 5.84 Å². The molecule has 56 valence electrons. The first-order valence-corrected chi connectivity index (χ1v) is 4.25. The van der Waals surface area contributed by atoms with Gasteiger partial charge in [-0.1, -0.05) is 0 Å². The van der Waals surface area contributed by atoms with Crippen molar-refractivity contribution in [3.63, 3.8) is 0 Å². The maximum atomic E-state index is 4.36. The van der Waals surface area contributed by atoms with E-state index in [1.165, 1.54) is 37.9 Å². The summed E-state index contributed by atoms with van der Waals surface area (Å²) in [4.78, 5) is 4.36. The monoisotopic (exact) mass is 138 g/mol. The SMILES string of the molecule is C1CN=C(NC2CCC2)C1. The third-order valence-corrected chi connectivity index (χ3v) is 2.35. The molecule has 0 aromatic carbocycles. The van der Waals surface area contributed by atoms with Crippen molar-refractivity contribution in [3.05, 3.63) is 0 Å². The molecule has 0 bridgehead atoms. The van der Waals surface area contributed by atoms with Gasteiger partial charge in [-0.3, -0.25) is 4.99 Å². The summed E-state index contributed by atoms with van der Waals surface area (Å²) in [7, 11) is 0. The molecule has 0 amide bonds. The lowest BCUT2D eigenvalue weighted by Crippen LogP contribution is -2.38. The molecule has 0 saturated heterocycles. The molecule has 1 heterocycles. The molecule has 0 unspecified atom stereocenters. The lowest BCUT2D eigenvalue weighted by molar-refractivity contribution is 0.382. The lowest BCUT2D eigenvalue weighted by Gasteiger charge is -2.27. The fraction of sp³-hybridized carbons (Fsp3) is 0.875. The summed E-state index contributed by atoms with van der Waals surface area (Å²) in [6, 6.07) is 0.775. The van der Waals surface area contributed by atoms with Crippen molar-refractivity contribution in [3.8, 4) is 0 Å². The number of aliphatic imine (C=N–C) groups is 1. The third-order valence-electron chi connectivity index (χ3n) is 2.35. The minimum atomic E-state index is 0.775. The molecule has 2 rings (SSSR count). The Hall–Kier alpha value is -0.530. The van der Waals surface area contributed by atoms with E-state index in [2.05, 4.69) is 10.3 Å². The molecule has 0 spiro atoms. The highest BCUT2D eigenvalue weighted by molar-refractivity contribution is 5.83. The third kappa shape index (κ3) is 1.15. The zero-order valence-corrected chi connectivity index (χ0v) is 6.27. The highest BCUT2D eigenvalue weighted by Crippen LogP contribution is 2.18. The van der Waals surface area contributed by atoms with Gasteiger partial charge in [0.2, 0.25) is 0 Å². The van der Waals surface area contributed by atoms with Crippen molar-refractivity contribution in [1.29, 1.82) is 0 Å². The smallest absolute Gasteiger partial charge is 0.0965 e. The van der Waals surface area contributed by atoms with Crippen LogP contribution < -0.4 is 5.32 Å². The van der Waals surface area contributed by atoms with Crippen LogP contribution in [-0.2, 0) is 0 Å². The van der Waals surface area contributed by atoms with Gasteiger partial charge < -0.3 is 5.32 Å². The summed E-state index contributed by atoms with van der Waals surface area (Å²) >= 11 is 0. The highest BCUT2D eigenvalue weighted by Gasteiger charge is 2.18. The lowest BCUT2D eigenvalue weighted by atomic mass is 9.93. The Bertz CT molecular complexity index is 147. The Morgan fingerprint density at radius 3 is 2.70 bits per heavy atom. The van der Waals surface area contributed by atoms with Gasteiger partial charge in [0, 0.05) is 19.0 Å². The van der Waals surface area contributed by atoms with Crippen molar-refractivity contribution in [2.24, 2.45) is 4.99 Å². The van der Waals surface area contributed by atoms with E-state index in [0.29, 0.717) is 0 Å². The number of nitrogens with zero attached hydrogens (tertiary/aromatic N) is 1. The largest absolute Gasteiger partial charge is 0.371 e. The Morgan fingerprint density at radius 2 is 2.20 bits per heavy atom. The topological polar surface area (TPSA) is 24.4 Å². The van der Waals surface area contributed by atoms with Gasteiger partial charge in [0.1, 0.15) is 0 Å². The zero-order chi connectivity index (χ0) is 6.81. The summed E-state index contributed by atoms with van der Waals surface area (Å²) in [6.07, 6.45) is 6.58. The number of amidine groups is 1. The molecule has 1 aliphatic heterocycles. The van der Waals surface area contributed by atoms with E-state index < -0.39 is 0 Å². The quantitative estimate of drug-likeness (QED) is 0.580. The van der Waals surface area contributed by atoms with Crippen LogP contribution in [0.5, 0.6) is 0 Å². The molecule has 0 aromatic rings. The predicted octanol–water partition coefficient (Wildman–Crippen LogP) is 1.32. The molecule has 1 aliphatic carbocycles. The second kappa shape index (κ2) is 2.60. The van der Waals surface area contributed by atoms with Gasteiger partial charge in [-0.25, -0.2) is 0 Å². The van der Waals surface area contributed by atoms with Crippen LogP contribution in [0.3, 0.4) is 0 Å². The van der Waals surface area contributed by atoms with E-state index in [0.717, 1.165) is 12.6 Å². The summed E-state index contributed by atoms with van der Waals surface area (Å²) in [5, 5.41) is 3.47. The molecule has 2 aliphatic rings. The average Bonchev–Trinajstić information content (AvgIpc) is 2.29. The second-order valence-electron chi connectivity index (χ2n) is 3.20. The average molecular weight is 138 g/mol. The van der Waals surface area contributed by atoms with Gasteiger partial charge in [-0.15, -0.1) is 0 Å². The Labute approximate surface area is 61.7 Å². The van der Waals surface area contributed by atoms with E-state index in [4.69, 9.17) is 0 Å². The maximum Gasteiger partial charge on any atom is 0.0965 e. The molecule has 10 heavy (non-hydrogen) atoms. The fourth-order valence-corrected chi connectivity index (χ4v) is 1.45. The van der Waals surface area contributed by atoms with Crippen LogP contribution in [0.4, 0.5) is 0 Å². The van der Waals surface area contributed by atoms with Gasteiger partial charge >= 0.3 is 0 Å². The molecule has 2 heteroatoms. The molecular formula is C8H14N2. The molecule has 1 N–H and O–H groups in total. The summed E-state index contributed by atoms with van der Waals surface area (Å²) < 4.78 is 0. The van der Waals surface area contributed by atoms with Crippen molar-refractivity contribution < 1.29 is 0 Å². The normalized spacial score (nSPS) is 25.8. The van der Waals surface area contributed by atoms with Crippen LogP contribution in [-0.4, -0.2) is 18.4 Å². The molecule has 1 fully saturated rings. The van der Waals surface area contributed by atoms with Gasteiger partial charge in [-0.2, -0.15) is 0 Å².